The van der Waals surface area contributed by atoms with Gasteiger partial charge in [0.1, 0.15) is 6.61 Å². The molecule has 0 aliphatic carbocycles. The molecule has 0 aliphatic heterocycles. The highest BCUT2D eigenvalue weighted by Gasteiger charge is 2.06. The lowest BCUT2D eigenvalue weighted by Gasteiger charge is -2.11. The van der Waals surface area contributed by atoms with Crippen molar-refractivity contribution in [1.82, 2.24) is 5.32 Å². The van der Waals surface area contributed by atoms with E-state index < -0.39 is 0 Å². The molecule has 2 aromatic rings. The minimum Gasteiger partial charge on any atom is -0.493 e. The second-order valence-corrected chi connectivity index (χ2v) is 5.93. The molecule has 0 aliphatic rings. The average Bonchev–Trinajstić information content (AvgIpc) is 2.58. The van der Waals surface area contributed by atoms with Gasteiger partial charge in [0, 0.05) is 16.5 Å². The maximum atomic E-state index is 11.9. The van der Waals surface area contributed by atoms with Crippen molar-refractivity contribution in [2.24, 2.45) is 0 Å². The lowest BCUT2D eigenvalue weighted by atomic mass is 10.1. The molecule has 0 atom stereocenters. The Labute approximate surface area is 151 Å². The fraction of sp³-hybridized carbons (Fsp3) is 0.278. The van der Waals surface area contributed by atoms with E-state index >= 15 is 0 Å². The van der Waals surface area contributed by atoms with Crippen molar-refractivity contribution in [1.29, 1.82) is 0 Å². The van der Waals surface area contributed by atoms with Crippen LogP contribution in [0.2, 0.25) is 10.0 Å². The summed E-state index contributed by atoms with van der Waals surface area (Å²) in [6.45, 7) is 0.791. The highest BCUT2D eigenvalue weighted by atomic mass is 35.5. The van der Waals surface area contributed by atoms with Crippen molar-refractivity contribution in [3.8, 4) is 11.5 Å². The van der Waals surface area contributed by atoms with Crippen LogP contribution in [-0.4, -0.2) is 26.2 Å². The predicted molar refractivity (Wildman–Crippen MR) is 96.3 cm³/mol. The number of hydrogen-bond donors (Lipinski definition) is 1. The van der Waals surface area contributed by atoms with Crippen LogP contribution < -0.4 is 14.8 Å². The van der Waals surface area contributed by atoms with Crippen LogP contribution in [0.4, 0.5) is 0 Å². The minimum absolute atomic E-state index is 0.0513. The van der Waals surface area contributed by atoms with Gasteiger partial charge in [-0.05, 0) is 36.2 Å². The molecule has 1 amide bonds. The third kappa shape index (κ3) is 5.62. The van der Waals surface area contributed by atoms with Gasteiger partial charge >= 0.3 is 0 Å². The molecule has 6 heteroatoms. The molecule has 1 N–H and O–H groups in total. The zero-order valence-corrected chi connectivity index (χ0v) is 14.9. The quantitative estimate of drug-likeness (QED) is 0.713. The van der Waals surface area contributed by atoms with Gasteiger partial charge in [0.05, 0.1) is 13.7 Å². The van der Waals surface area contributed by atoms with Crippen molar-refractivity contribution in [3.05, 3.63) is 58.1 Å². The summed E-state index contributed by atoms with van der Waals surface area (Å²) >= 11 is 11.9. The molecule has 2 rings (SSSR count). The smallest absolute Gasteiger partial charge is 0.220 e. The maximum absolute atomic E-state index is 11.9. The van der Waals surface area contributed by atoms with Gasteiger partial charge in [0.15, 0.2) is 11.5 Å². The van der Waals surface area contributed by atoms with Gasteiger partial charge in [-0.2, -0.15) is 0 Å². The van der Waals surface area contributed by atoms with Crippen molar-refractivity contribution < 1.29 is 14.3 Å². The first-order valence-electron chi connectivity index (χ1n) is 7.56. The summed E-state index contributed by atoms with van der Waals surface area (Å²) in [4.78, 5) is 11.9. The van der Waals surface area contributed by atoms with Crippen LogP contribution in [0.5, 0.6) is 11.5 Å². The van der Waals surface area contributed by atoms with E-state index in [1.54, 1.807) is 19.2 Å². The predicted octanol–water partition coefficient (Wildman–Crippen LogP) is 4.13. The Balaban J connectivity index is 1.70. The van der Waals surface area contributed by atoms with E-state index in [0.717, 1.165) is 5.56 Å². The Hall–Kier alpha value is -1.91. The molecule has 0 saturated carbocycles. The molecular weight excluding hydrogens is 349 g/mol. The molecule has 0 heterocycles. The van der Waals surface area contributed by atoms with E-state index in [2.05, 4.69) is 5.32 Å². The normalized spacial score (nSPS) is 10.3. The summed E-state index contributed by atoms with van der Waals surface area (Å²) < 4.78 is 10.8. The Morgan fingerprint density at radius 3 is 2.58 bits per heavy atom. The van der Waals surface area contributed by atoms with E-state index in [1.807, 2.05) is 30.3 Å². The summed E-state index contributed by atoms with van der Waals surface area (Å²) in [6.07, 6.45) is 0.922. The fourth-order valence-electron chi connectivity index (χ4n) is 2.15. The van der Waals surface area contributed by atoms with Crippen molar-refractivity contribution >= 4 is 29.1 Å². The van der Waals surface area contributed by atoms with E-state index in [0.29, 0.717) is 47.5 Å². The summed E-state index contributed by atoms with van der Waals surface area (Å²) in [6, 6.07) is 12.7. The summed E-state index contributed by atoms with van der Waals surface area (Å²) in [5, 5.41) is 3.98. The first kappa shape index (κ1) is 18.4. The van der Waals surface area contributed by atoms with Crippen LogP contribution in [0.1, 0.15) is 12.0 Å². The van der Waals surface area contributed by atoms with Crippen LogP contribution in [-0.2, 0) is 11.2 Å². The number of carbonyl (C=O) groups is 1. The molecule has 128 valence electrons. The molecule has 0 bridgehead atoms. The summed E-state index contributed by atoms with van der Waals surface area (Å²) in [7, 11) is 1.59. The second-order valence-electron chi connectivity index (χ2n) is 5.09. The monoisotopic (exact) mass is 367 g/mol. The first-order chi connectivity index (χ1) is 11.6. The van der Waals surface area contributed by atoms with Crippen LogP contribution in [0.15, 0.2) is 42.5 Å². The van der Waals surface area contributed by atoms with Gasteiger partial charge < -0.3 is 14.8 Å². The molecule has 0 radical (unpaired) electrons. The summed E-state index contributed by atoms with van der Waals surface area (Å²) in [5.74, 6) is 1.27. The van der Waals surface area contributed by atoms with Gasteiger partial charge in [-0.25, -0.2) is 0 Å². The van der Waals surface area contributed by atoms with Crippen molar-refractivity contribution in [2.45, 2.75) is 12.8 Å². The highest BCUT2D eigenvalue weighted by Crippen LogP contribution is 2.25. The van der Waals surface area contributed by atoms with Crippen LogP contribution in [0.25, 0.3) is 0 Å². The number of nitrogens with one attached hydrogen (secondary N) is 1. The molecule has 0 spiro atoms. The molecule has 0 unspecified atom stereocenters. The van der Waals surface area contributed by atoms with Gasteiger partial charge in [-0.15, -0.1) is 0 Å². The van der Waals surface area contributed by atoms with Gasteiger partial charge in [-0.1, -0.05) is 41.4 Å². The maximum Gasteiger partial charge on any atom is 0.220 e. The van der Waals surface area contributed by atoms with Crippen LogP contribution >= 0.6 is 23.2 Å². The van der Waals surface area contributed by atoms with Gasteiger partial charge in [0.2, 0.25) is 5.91 Å². The number of para-hydroxylation sites is 2. The SMILES string of the molecule is COc1ccccc1OCCNC(=O)CCc1ccc(Cl)cc1Cl. The fourth-order valence-corrected chi connectivity index (χ4v) is 2.65. The van der Waals surface area contributed by atoms with Crippen molar-refractivity contribution in [3.63, 3.8) is 0 Å². The Bertz CT molecular complexity index is 692. The Morgan fingerprint density at radius 2 is 1.88 bits per heavy atom. The lowest BCUT2D eigenvalue weighted by Crippen LogP contribution is -2.28. The zero-order valence-electron chi connectivity index (χ0n) is 13.4. The zero-order chi connectivity index (χ0) is 17.4. The highest BCUT2D eigenvalue weighted by molar-refractivity contribution is 6.35. The molecule has 4 nitrogen and oxygen atoms in total. The molecule has 24 heavy (non-hydrogen) atoms. The number of carbonyl (C=O) groups excluding carboxylic acids is 1. The third-order valence-corrected chi connectivity index (χ3v) is 3.97. The minimum atomic E-state index is -0.0513. The Morgan fingerprint density at radius 1 is 1.12 bits per heavy atom. The van der Waals surface area contributed by atoms with Gasteiger partial charge in [0.25, 0.3) is 0 Å². The molecule has 2 aromatic carbocycles. The van der Waals surface area contributed by atoms with E-state index in [1.165, 1.54) is 0 Å². The topological polar surface area (TPSA) is 47.6 Å². The molecule has 0 fully saturated rings. The van der Waals surface area contributed by atoms with Crippen LogP contribution in [0.3, 0.4) is 0 Å². The molecule has 0 aromatic heterocycles. The van der Waals surface area contributed by atoms with E-state index in [4.69, 9.17) is 32.7 Å². The largest absolute Gasteiger partial charge is 0.493 e. The van der Waals surface area contributed by atoms with E-state index in [9.17, 15) is 4.79 Å². The number of methoxy groups -OCH3 is 1. The van der Waals surface area contributed by atoms with Crippen molar-refractivity contribution in [2.75, 3.05) is 20.3 Å². The third-order valence-electron chi connectivity index (χ3n) is 3.39. The standard InChI is InChI=1S/C18H19Cl2NO3/c1-23-16-4-2-3-5-17(16)24-11-10-21-18(22)9-7-13-6-8-14(19)12-15(13)20/h2-6,8,12H,7,9-11H2,1H3,(H,21,22). The number of amides is 1. The molecular formula is C18H19Cl2NO3. The lowest BCUT2D eigenvalue weighted by molar-refractivity contribution is -0.121. The number of hydrogen-bond acceptors (Lipinski definition) is 3. The molecule has 0 saturated heterocycles. The Kier molecular flexibility index (Phi) is 7.22. The number of benzene rings is 2. The van der Waals surface area contributed by atoms with Crippen LogP contribution in [0, 0.1) is 0 Å². The summed E-state index contributed by atoms with van der Waals surface area (Å²) in [5.41, 5.74) is 0.904. The van der Waals surface area contributed by atoms with Gasteiger partial charge in [-0.3, -0.25) is 4.79 Å². The van der Waals surface area contributed by atoms with E-state index in [-0.39, 0.29) is 5.91 Å². The first-order valence-corrected chi connectivity index (χ1v) is 8.32. The number of rotatable bonds is 8. The average molecular weight is 368 g/mol. The number of aryl methyl sites for hydroxylation is 1. The number of ether oxygens (including phenoxy) is 2. The number of halogens is 2. The second kappa shape index (κ2) is 9.40.